The second kappa shape index (κ2) is 13.9. The second-order valence-corrected chi connectivity index (χ2v) is 14.7. The lowest BCUT2D eigenvalue weighted by atomic mass is 9.82. The van der Waals surface area contributed by atoms with Gasteiger partial charge in [-0.2, -0.15) is 0 Å². The van der Waals surface area contributed by atoms with Gasteiger partial charge in [0.2, 0.25) is 0 Å². The van der Waals surface area contributed by atoms with Crippen LogP contribution < -0.4 is 4.74 Å². The highest BCUT2D eigenvalue weighted by Gasteiger charge is 2.43. The van der Waals surface area contributed by atoms with Crippen molar-refractivity contribution in [3.63, 3.8) is 0 Å². The Morgan fingerprint density at radius 1 is 0.769 bits per heavy atom. The Morgan fingerprint density at radius 3 is 1.95 bits per heavy atom. The largest absolute Gasteiger partial charge is 0.497 e. The molecule has 0 saturated carbocycles. The predicted octanol–water partition coefficient (Wildman–Crippen LogP) is 9.13. The third kappa shape index (κ3) is 7.94. The molecule has 0 amide bonds. The Labute approximate surface area is 239 Å². The molecule has 0 aliphatic heterocycles. The molecule has 3 nitrogen and oxygen atoms in total. The molecule has 4 heteroatoms. The van der Waals surface area contributed by atoms with E-state index in [9.17, 15) is 0 Å². The van der Waals surface area contributed by atoms with Crippen LogP contribution in [0.15, 0.2) is 72.8 Å². The van der Waals surface area contributed by atoms with Gasteiger partial charge in [0, 0.05) is 24.5 Å². The van der Waals surface area contributed by atoms with E-state index in [0.717, 1.165) is 25.2 Å². The zero-order chi connectivity index (χ0) is 28.6. The Kier molecular flexibility index (Phi) is 11.2. The molecule has 39 heavy (non-hydrogen) atoms. The van der Waals surface area contributed by atoms with Gasteiger partial charge in [-0.05, 0) is 64.6 Å². The number of ether oxygens (including phenoxy) is 3. The van der Waals surface area contributed by atoms with Gasteiger partial charge in [-0.3, -0.25) is 0 Å². The van der Waals surface area contributed by atoms with E-state index in [1.165, 1.54) is 27.8 Å². The van der Waals surface area contributed by atoms with Gasteiger partial charge >= 0.3 is 0 Å². The highest BCUT2D eigenvalue weighted by molar-refractivity contribution is 7.42. The van der Waals surface area contributed by atoms with Gasteiger partial charge in [0.25, 0.3) is 0 Å². The summed E-state index contributed by atoms with van der Waals surface area (Å²) in [6, 6.07) is 25.9. The number of hydrogen-bond donors (Lipinski definition) is 0. The minimum atomic E-state index is -0.108. The van der Waals surface area contributed by atoms with Crippen LogP contribution in [0.5, 0.6) is 5.75 Å². The van der Waals surface area contributed by atoms with Crippen molar-refractivity contribution in [3.8, 4) is 28.0 Å². The molecule has 0 aliphatic rings. The third-order valence-corrected chi connectivity index (χ3v) is 9.57. The van der Waals surface area contributed by atoms with Crippen LogP contribution in [-0.4, -0.2) is 44.4 Å². The molecule has 3 aromatic rings. The molecular formula is C35H49O3P. The fourth-order valence-electron chi connectivity index (χ4n) is 6.63. The highest BCUT2D eigenvalue weighted by atomic mass is 31.1. The van der Waals surface area contributed by atoms with E-state index in [1.807, 2.05) is 20.3 Å². The lowest BCUT2D eigenvalue weighted by Crippen LogP contribution is -2.46. The van der Waals surface area contributed by atoms with Crippen LogP contribution in [-0.2, 0) is 15.9 Å². The molecule has 0 spiro atoms. The van der Waals surface area contributed by atoms with Crippen molar-refractivity contribution in [2.24, 2.45) is 11.8 Å². The maximum absolute atomic E-state index is 6.35. The number of hydrogen-bond acceptors (Lipinski definition) is 3. The molecule has 0 saturated heterocycles. The molecule has 4 atom stereocenters. The summed E-state index contributed by atoms with van der Waals surface area (Å²) in [6.45, 7) is 14.8. The molecule has 0 radical (unpaired) electrons. The molecule has 0 aromatic heterocycles. The first-order valence-corrected chi connectivity index (χ1v) is 15.2. The van der Waals surface area contributed by atoms with Crippen LogP contribution in [0.3, 0.4) is 0 Å². The van der Waals surface area contributed by atoms with Crippen LogP contribution in [0.25, 0.3) is 22.3 Å². The monoisotopic (exact) mass is 548 g/mol. The molecule has 0 fully saturated rings. The van der Waals surface area contributed by atoms with E-state index >= 15 is 0 Å². The molecule has 0 aliphatic carbocycles. The standard InChI is InChI=1S/C35H49O3P/c1-25(2)22-34(5,24-36-7)39-35(6,33(38-9)26(3)4)23-32-30(27-15-11-10-12-16-27)19-14-20-31(32)28-17-13-18-29(21-28)37-8/h10-21,25-26,33,39H,22-24H2,1-9H3. The molecule has 0 N–H and O–H groups in total. The van der Waals surface area contributed by atoms with Gasteiger partial charge in [0.05, 0.1) is 19.8 Å². The minimum absolute atomic E-state index is 0.0567. The second-order valence-electron chi connectivity index (χ2n) is 12.1. The van der Waals surface area contributed by atoms with Gasteiger partial charge in [-0.25, -0.2) is 0 Å². The summed E-state index contributed by atoms with van der Waals surface area (Å²) in [5, 5.41) is -0.0508. The van der Waals surface area contributed by atoms with Crippen LogP contribution in [0, 0.1) is 11.8 Å². The first kappa shape index (κ1) is 31.3. The zero-order valence-electron chi connectivity index (χ0n) is 25.5. The molecule has 3 rings (SSSR count). The Balaban J connectivity index is 2.26. The van der Waals surface area contributed by atoms with Crippen LogP contribution in [0.4, 0.5) is 0 Å². The average Bonchev–Trinajstić information content (AvgIpc) is 2.88. The maximum Gasteiger partial charge on any atom is 0.119 e. The third-order valence-electron chi connectivity index (χ3n) is 7.58. The average molecular weight is 549 g/mol. The van der Waals surface area contributed by atoms with Crippen LogP contribution >= 0.6 is 8.58 Å². The highest BCUT2D eigenvalue weighted by Crippen LogP contribution is 2.53. The van der Waals surface area contributed by atoms with Gasteiger partial charge < -0.3 is 14.2 Å². The van der Waals surface area contributed by atoms with Gasteiger partial charge in [-0.15, -0.1) is 8.58 Å². The van der Waals surface area contributed by atoms with E-state index in [-0.39, 0.29) is 16.4 Å². The number of benzene rings is 3. The summed E-state index contributed by atoms with van der Waals surface area (Å²) >= 11 is 0. The summed E-state index contributed by atoms with van der Waals surface area (Å²) in [4.78, 5) is 0. The van der Waals surface area contributed by atoms with Crippen LogP contribution in [0.2, 0.25) is 0 Å². The van der Waals surface area contributed by atoms with Crippen molar-refractivity contribution in [3.05, 3.63) is 78.4 Å². The Bertz CT molecular complexity index is 1180. The normalized spacial score (nSPS) is 16.0. The van der Waals surface area contributed by atoms with Gasteiger partial charge in [0.1, 0.15) is 5.75 Å². The smallest absolute Gasteiger partial charge is 0.119 e. The summed E-state index contributed by atoms with van der Waals surface area (Å²) in [7, 11) is 6.11. The van der Waals surface area contributed by atoms with E-state index in [1.54, 1.807) is 7.11 Å². The number of rotatable bonds is 14. The molecule has 4 unspecified atom stereocenters. The quantitative estimate of drug-likeness (QED) is 0.188. The molecule has 0 bridgehead atoms. The molecule has 3 aromatic carbocycles. The van der Waals surface area contributed by atoms with Crippen molar-refractivity contribution in [1.29, 1.82) is 0 Å². The Hall–Kier alpha value is -2.19. The van der Waals surface area contributed by atoms with Crippen molar-refractivity contribution in [2.75, 3.05) is 27.9 Å². The summed E-state index contributed by atoms with van der Waals surface area (Å²) in [5.74, 6) is 1.84. The summed E-state index contributed by atoms with van der Waals surface area (Å²) in [6.07, 6.45) is 2.12. The zero-order valence-corrected chi connectivity index (χ0v) is 26.5. The molecule has 212 valence electrons. The first-order valence-electron chi connectivity index (χ1n) is 14.2. The fourth-order valence-corrected chi connectivity index (χ4v) is 9.60. The minimum Gasteiger partial charge on any atom is -0.497 e. The van der Waals surface area contributed by atoms with Gasteiger partial charge in [0.15, 0.2) is 0 Å². The number of methoxy groups -OCH3 is 3. The molecular weight excluding hydrogens is 499 g/mol. The van der Waals surface area contributed by atoms with E-state index in [2.05, 4.69) is 108 Å². The predicted molar refractivity (Wildman–Crippen MR) is 170 cm³/mol. The van der Waals surface area contributed by atoms with Crippen LogP contribution in [0.1, 0.15) is 53.5 Å². The van der Waals surface area contributed by atoms with Crippen molar-refractivity contribution < 1.29 is 14.2 Å². The van der Waals surface area contributed by atoms with E-state index in [0.29, 0.717) is 20.4 Å². The lowest BCUT2D eigenvalue weighted by Gasteiger charge is -2.46. The van der Waals surface area contributed by atoms with Crippen molar-refractivity contribution in [1.82, 2.24) is 0 Å². The van der Waals surface area contributed by atoms with Crippen molar-refractivity contribution in [2.45, 2.75) is 70.8 Å². The SMILES string of the molecule is COCC(C)(CC(C)C)PC(C)(Cc1c(-c2ccccc2)cccc1-c1cccc(OC)c1)C(OC)C(C)C. The van der Waals surface area contributed by atoms with Crippen molar-refractivity contribution >= 4 is 8.58 Å². The summed E-state index contributed by atoms with van der Waals surface area (Å²) < 4.78 is 17.8. The van der Waals surface area contributed by atoms with Gasteiger partial charge in [-0.1, -0.05) is 102 Å². The maximum atomic E-state index is 6.35. The Morgan fingerprint density at radius 2 is 1.38 bits per heavy atom. The van der Waals surface area contributed by atoms with E-state index in [4.69, 9.17) is 14.2 Å². The van der Waals surface area contributed by atoms with E-state index < -0.39 is 0 Å². The topological polar surface area (TPSA) is 27.7 Å². The molecule has 0 heterocycles. The lowest BCUT2D eigenvalue weighted by molar-refractivity contribution is 0.0345. The summed E-state index contributed by atoms with van der Waals surface area (Å²) in [5.41, 5.74) is 6.31. The first-order chi connectivity index (χ1) is 18.6. The fraction of sp³-hybridized carbons (Fsp3) is 0.486.